The summed E-state index contributed by atoms with van der Waals surface area (Å²) in [4.78, 5) is 0. The molecule has 2 unspecified atom stereocenters. The summed E-state index contributed by atoms with van der Waals surface area (Å²) >= 11 is 0. The van der Waals surface area contributed by atoms with Gasteiger partial charge in [0.25, 0.3) is 0 Å². The van der Waals surface area contributed by atoms with Gasteiger partial charge < -0.3 is 14.2 Å². The molecular formula is C29H29F3O3. The quantitative estimate of drug-likeness (QED) is 0.293. The molecule has 4 rings (SSSR count). The topological polar surface area (TPSA) is 27.7 Å². The molecule has 1 heterocycles. The van der Waals surface area contributed by atoms with E-state index in [9.17, 15) is 13.2 Å². The van der Waals surface area contributed by atoms with E-state index in [4.69, 9.17) is 14.2 Å². The van der Waals surface area contributed by atoms with E-state index >= 15 is 0 Å². The maximum Gasteiger partial charge on any atom is 0.201 e. The molecule has 3 aromatic rings. The molecule has 1 saturated heterocycles. The smallest absolute Gasteiger partial charge is 0.201 e. The highest BCUT2D eigenvalue weighted by Crippen LogP contribution is 2.34. The lowest BCUT2D eigenvalue weighted by Crippen LogP contribution is -2.28. The molecule has 0 radical (unpaired) electrons. The molecule has 0 aliphatic carbocycles. The minimum absolute atomic E-state index is 0.0706. The Labute approximate surface area is 204 Å². The summed E-state index contributed by atoms with van der Waals surface area (Å²) in [5, 5.41) is 0. The van der Waals surface area contributed by atoms with Crippen LogP contribution in [0.2, 0.25) is 0 Å². The van der Waals surface area contributed by atoms with Gasteiger partial charge in [0.15, 0.2) is 11.6 Å². The van der Waals surface area contributed by atoms with E-state index in [1.807, 2.05) is 6.07 Å². The SMILES string of the molecule is C=CCOc1ccc(-c2ccc(-c3ccc(C4CCC(OCCC)CO4)c(F)c3)cc2)c(F)c1F. The third-order valence-corrected chi connectivity index (χ3v) is 6.07. The zero-order chi connectivity index (χ0) is 24.8. The van der Waals surface area contributed by atoms with Gasteiger partial charge in [-0.25, -0.2) is 8.78 Å². The summed E-state index contributed by atoms with van der Waals surface area (Å²) < 4.78 is 60.6. The highest BCUT2D eigenvalue weighted by molar-refractivity contribution is 5.71. The second kappa shape index (κ2) is 11.6. The largest absolute Gasteiger partial charge is 0.486 e. The number of benzene rings is 3. The van der Waals surface area contributed by atoms with Crippen molar-refractivity contribution in [1.29, 1.82) is 0 Å². The fourth-order valence-electron chi connectivity index (χ4n) is 4.21. The molecule has 0 spiro atoms. The predicted octanol–water partition coefficient (Wildman–Crippen LogP) is 7.65. The summed E-state index contributed by atoms with van der Waals surface area (Å²) in [5.41, 5.74) is 2.63. The van der Waals surface area contributed by atoms with E-state index in [1.54, 1.807) is 30.3 Å². The Balaban J connectivity index is 1.47. The Morgan fingerprint density at radius 1 is 0.943 bits per heavy atom. The molecular weight excluding hydrogens is 453 g/mol. The lowest BCUT2D eigenvalue weighted by atomic mass is 9.95. The first-order valence-electron chi connectivity index (χ1n) is 11.9. The molecule has 0 bridgehead atoms. The fraction of sp³-hybridized carbons (Fsp3) is 0.310. The Hall–Kier alpha value is -3.09. The van der Waals surface area contributed by atoms with Crippen molar-refractivity contribution in [3.8, 4) is 28.0 Å². The normalized spacial score (nSPS) is 17.8. The van der Waals surface area contributed by atoms with Crippen molar-refractivity contribution in [2.75, 3.05) is 19.8 Å². The van der Waals surface area contributed by atoms with E-state index in [-0.39, 0.29) is 35.9 Å². The molecule has 3 nitrogen and oxygen atoms in total. The molecule has 35 heavy (non-hydrogen) atoms. The van der Waals surface area contributed by atoms with Crippen LogP contribution in [0.1, 0.15) is 37.9 Å². The van der Waals surface area contributed by atoms with Gasteiger partial charge in [-0.15, -0.1) is 0 Å². The second-order valence-electron chi connectivity index (χ2n) is 8.54. The van der Waals surface area contributed by atoms with E-state index < -0.39 is 11.6 Å². The van der Waals surface area contributed by atoms with Crippen LogP contribution in [0.25, 0.3) is 22.3 Å². The highest BCUT2D eigenvalue weighted by Gasteiger charge is 2.25. The molecule has 184 valence electrons. The molecule has 1 aliphatic heterocycles. The van der Waals surface area contributed by atoms with Crippen LogP contribution >= 0.6 is 0 Å². The van der Waals surface area contributed by atoms with Crippen molar-refractivity contribution >= 4 is 0 Å². The number of ether oxygens (including phenoxy) is 3. The minimum atomic E-state index is -1.04. The lowest BCUT2D eigenvalue weighted by molar-refractivity contribution is -0.0874. The van der Waals surface area contributed by atoms with Crippen LogP contribution in [0.3, 0.4) is 0 Å². The summed E-state index contributed by atoms with van der Waals surface area (Å²) in [5.74, 6) is -2.51. The summed E-state index contributed by atoms with van der Waals surface area (Å²) in [6.45, 7) is 6.81. The van der Waals surface area contributed by atoms with Crippen molar-refractivity contribution < 1.29 is 27.4 Å². The molecule has 3 aromatic carbocycles. The Kier molecular flexibility index (Phi) is 8.26. The van der Waals surface area contributed by atoms with Crippen LogP contribution in [-0.2, 0) is 9.47 Å². The molecule has 1 aliphatic rings. The molecule has 6 heteroatoms. The van der Waals surface area contributed by atoms with Gasteiger partial charge in [0.1, 0.15) is 12.4 Å². The molecule has 0 amide bonds. The number of halogens is 3. The van der Waals surface area contributed by atoms with Gasteiger partial charge in [-0.05, 0) is 54.2 Å². The van der Waals surface area contributed by atoms with Gasteiger partial charge in [0.05, 0.1) is 18.8 Å². The molecule has 0 saturated carbocycles. The van der Waals surface area contributed by atoms with Gasteiger partial charge in [0, 0.05) is 17.7 Å². The van der Waals surface area contributed by atoms with Gasteiger partial charge in [-0.1, -0.05) is 56.0 Å². The van der Waals surface area contributed by atoms with Crippen LogP contribution in [0.5, 0.6) is 5.75 Å². The molecule has 1 fully saturated rings. The van der Waals surface area contributed by atoms with Crippen LogP contribution in [0, 0.1) is 17.5 Å². The number of rotatable bonds is 9. The van der Waals surface area contributed by atoms with E-state index in [1.165, 1.54) is 24.3 Å². The van der Waals surface area contributed by atoms with E-state index in [0.717, 1.165) is 18.4 Å². The lowest BCUT2D eigenvalue weighted by Gasteiger charge is -2.29. The van der Waals surface area contributed by atoms with Gasteiger partial charge in [0.2, 0.25) is 5.82 Å². The number of hydrogen-bond acceptors (Lipinski definition) is 3. The Morgan fingerprint density at radius 3 is 2.34 bits per heavy atom. The highest BCUT2D eigenvalue weighted by atomic mass is 19.2. The first kappa shape index (κ1) is 25.0. The summed E-state index contributed by atoms with van der Waals surface area (Å²) in [7, 11) is 0. The van der Waals surface area contributed by atoms with Crippen LogP contribution in [-0.4, -0.2) is 25.9 Å². The van der Waals surface area contributed by atoms with Gasteiger partial charge in [-0.3, -0.25) is 0 Å². The van der Waals surface area contributed by atoms with Crippen molar-refractivity contribution in [2.45, 2.75) is 38.4 Å². The zero-order valence-corrected chi connectivity index (χ0v) is 19.7. The van der Waals surface area contributed by atoms with Crippen molar-refractivity contribution in [2.24, 2.45) is 0 Å². The van der Waals surface area contributed by atoms with E-state index in [0.29, 0.717) is 36.3 Å². The first-order chi connectivity index (χ1) is 17.0. The first-order valence-corrected chi connectivity index (χ1v) is 11.9. The molecule has 0 aromatic heterocycles. The minimum Gasteiger partial charge on any atom is -0.486 e. The third kappa shape index (κ3) is 5.77. The summed E-state index contributed by atoms with van der Waals surface area (Å²) in [6, 6.07) is 14.8. The van der Waals surface area contributed by atoms with E-state index in [2.05, 4.69) is 13.5 Å². The maximum atomic E-state index is 15.0. The van der Waals surface area contributed by atoms with Crippen molar-refractivity contribution in [3.05, 3.63) is 90.3 Å². The third-order valence-electron chi connectivity index (χ3n) is 6.07. The van der Waals surface area contributed by atoms with Crippen LogP contribution in [0.4, 0.5) is 13.2 Å². The average Bonchev–Trinajstić information content (AvgIpc) is 2.89. The zero-order valence-electron chi connectivity index (χ0n) is 19.7. The summed E-state index contributed by atoms with van der Waals surface area (Å²) in [6.07, 6.45) is 3.75. The Morgan fingerprint density at radius 2 is 1.69 bits per heavy atom. The standard InChI is InChI=1S/C29H29F3O3/c1-3-15-33-22-10-13-26(35-18-22)24-11-9-21(17-25(24)30)19-5-7-20(8-6-19)23-12-14-27(34-16-4-2)29(32)28(23)31/h4-9,11-12,14,17,22,26H,2-3,10,13,15-16,18H2,1H3. The molecule has 0 N–H and O–H groups in total. The van der Waals surface area contributed by atoms with Crippen LogP contribution < -0.4 is 4.74 Å². The van der Waals surface area contributed by atoms with Crippen molar-refractivity contribution in [3.63, 3.8) is 0 Å². The van der Waals surface area contributed by atoms with Gasteiger partial charge in [-0.2, -0.15) is 4.39 Å². The maximum absolute atomic E-state index is 15.0. The predicted molar refractivity (Wildman–Crippen MR) is 131 cm³/mol. The van der Waals surface area contributed by atoms with Gasteiger partial charge >= 0.3 is 0 Å². The monoisotopic (exact) mass is 482 g/mol. The van der Waals surface area contributed by atoms with Crippen LogP contribution in [0.15, 0.2) is 67.3 Å². The Bertz CT molecular complexity index is 1150. The van der Waals surface area contributed by atoms with Crippen molar-refractivity contribution in [1.82, 2.24) is 0 Å². The second-order valence-corrected chi connectivity index (χ2v) is 8.54. The fourth-order valence-corrected chi connectivity index (χ4v) is 4.21. The molecule has 2 atom stereocenters. The number of hydrogen-bond donors (Lipinski definition) is 0. The average molecular weight is 483 g/mol.